The van der Waals surface area contributed by atoms with Crippen LogP contribution in [0.25, 0.3) is 39.6 Å². The van der Waals surface area contributed by atoms with Crippen LogP contribution in [0.2, 0.25) is 0 Å². The third kappa shape index (κ3) is 10.4. The maximum absolute atomic E-state index is 13.4. The zero-order valence-electron chi connectivity index (χ0n) is 33.4. The molecule has 0 atom stereocenters. The predicted octanol–water partition coefficient (Wildman–Crippen LogP) is 12.2. The molecule has 0 bridgehead atoms. The van der Waals surface area contributed by atoms with Crippen molar-refractivity contribution in [1.82, 2.24) is 4.57 Å². The van der Waals surface area contributed by atoms with Gasteiger partial charge in [-0.05, 0) is 97.1 Å². The number of nitrogens with zero attached hydrogens (tertiary/aromatic N) is 3. The number of fused-ring (bicyclic) bond motifs is 3. The van der Waals surface area contributed by atoms with Crippen LogP contribution < -0.4 is 5.01 Å². The van der Waals surface area contributed by atoms with E-state index in [1.54, 1.807) is 43.3 Å². The molecule has 8 nitrogen and oxygen atoms in total. The van der Waals surface area contributed by atoms with Crippen LogP contribution in [0.5, 0.6) is 0 Å². The summed E-state index contributed by atoms with van der Waals surface area (Å²) in [7, 11) is 0. The van der Waals surface area contributed by atoms with Crippen molar-refractivity contribution in [2.24, 2.45) is 5.10 Å². The molecule has 1 aliphatic heterocycles. The second kappa shape index (κ2) is 19.9. The van der Waals surface area contributed by atoms with Crippen molar-refractivity contribution in [3.63, 3.8) is 0 Å². The minimum Gasteiger partial charge on any atom is -0.478 e. The lowest BCUT2D eigenvalue weighted by atomic mass is 10.0. The third-order valence-corrected chi connectivity index (χ3v) is 10.9. The molecule has 0 saturated heterocycles. The van der Waals surface area contributed by atoms with E-state index in [0.717, 1.165) is 50.9 Å². The highest BCUT2D eigenvalue weighted by molar-refractivity contribution is 6.53. The number of carboxylic acids is 2. The van der Waals surface area contributed by atoms with Crippen LogP contribution >= 0.6 is 0 Å². The molecular formula is C49H55N3O5. The molecule has 6 rings (SSSR count). The summed E-state index contributed by atoms with van der Waals surface area (Å²) >= 11 is 0. The van der Waals surface area contributed by atoms with Gasteiger partial charge in [0, 0.05) is 22.0 Å². The topological polar surface area (TPSA) is 112 Å². The van der Waals surface area contributed by atoms with Crippen LogP contribution in [0, 0.1) is 0 Å². The minimum absolute atomic E-state index is 0.0135. The number of hydrazone groups is 1. The van der Waals surface area contributed by atoms with Crippen molar-refractivity contribution in [3.05, 3.63) is 119 Å². The molecule has 2 heterocycles. The lowest BCUT2D eigenvalue weighted by molar-refractivity contribution is -0.132. The lowest BCUT2D eigenvalue weighted by Crippen LogP contribution is -2.22. The number of hydrogen-bond acceptors (Lipinski definition) is 4. The summed E-state index contributed by atoms with van der Waals surface area (Å²) in [5.74, 6) is -2.72. The van der Waals surface area contributed by atoms with Crippen molar-refractivity contribution >= 4 is 63.2 Å². The Morgan fingerprint density at radius 3 is 1.81 bits per heavy atom. The largest absolute Gasteiger partial charge is 0.478 e. The molecule has 0 radical (unpaired) electrons. The van der Waals surface area contributed by atoms with E-state index in [1.807, 2.05) is 42.5 Å². The van der Waals surface area contributed by atoms with Crippen molar-refractivity contribution in [1.29, 1.82) is 0 Å². The van der Waals surface area contributed by atoms with Crippen LogP contribution in [-0.2, 0) is 20.8 Å². The van der Waals surface area contributed by atoms with E-state index in [9.17, 15) is 24.6 Å². The summed E-state index contributed by atoms with van der Waals surface area (Å²) in [5, 5.41) is 26.8. The summed E-state index contributed by atoms with van der Waals surface area (Å²) < 4.78 is 2.19. The number of hydrogen-bond donors (Lipinski definition) is 2. The van der Waals surface area contributed by atoms with Gasteiger partial charge in [0.25, 0.3) is 5.91 Å². The number of benzene rings is 4. The molecule has 57 heavy (non-hydrogen) atoms. The number of carbonyl (C=O) groups is 3. The second-order valence-electron chi connectivity index (χ2n) is 15.3. The number of aryl methyl sites for hydroxylation is 1. The monoisotopic (exact) mass is 765 g/mol. The number of aromatic nitrogens is 1. The Balaban J connectivity index is 1.17. The van der Waals surface area contributed by atoms with E-state index >= 15 is 0 Å². The van der Waals surface area contributed by atoms with Crippen LogP contribution in [0.4, 0.5) is 5.69 Å². The van der Waals surface area contributed by atoms with Gasteiger partial charge in [-0.2, -0.15) is 10.1 Å². The summed E-state index contributed by atoms with van der Waals surface area (Å²) in [6, 6.07) is 29.1. The Kier molecular flexibility index (Phi) is 14.3. The van der Waals surface area contributed by atoms with Crippen LogP contribution in [0.1, 0.15) is 120 Å². The zero-order valence-corrected chi connectivity index (χ0v) is 33.4. The van der Waals surface area contributed by atoms with E-state index in [4.69, 9.17) is 0 Å². The molecule has 0 fully saturated rings. The average molecular weight is 766 g/mol. The van der Waals surface area contributed by atoms with E-state index in [0.29, 0.717) is 11.3 Å². The first-order chi connectivity index (χ1) is 27.7. The zero-order chi connectivity index (χ0) is 40.1. The number of amides is 1. The summed E-state index contributed by atoms with van der Waals surface area (Å²) in [5.41, 5.74) is 6.16. The third-order valence-electron chi connectivity index (χ3n) is 10.9. The molecule has 1 aromatic heterocycles. The van der Waals surface area contributed by atoms with Gasteiger partial charge in [0.15, 0.2) is 5.71 Å². The van der Waals surface area contributed by atoms with Gasteiger partial charge in [0.1, 0.15) is 0 Å². The Morgan fingerprint density at radius 1 is 0.649 bits per heavy atom. The Labute approximate surface area is 336 Å². The first-order valence-corrected chi connectivity index (χ1v) is 20.8. The van der Waals surface area contributed by atoms with Crippen LogP contribution in [0.15, 0.2) is 107 Å². The number of para-hydroxylation sites is 1. The van der Waals surface area contributed by atoms with Gasteiger partial charge in [0.05, 0.1) is 22.3 Å². The van der Waals surface area contributed by atoms with Crippen molar-refractivity contribution in [3.8, 4) is 5.69 Å². The number of rotatable bonds is 21. The Morgan fingerprint density at radius 2 is 1.21 bits per heavy atom. The predicted molar refractivity (Wildman–Crippen MR) is 233 cm³/mol. The first-order valence-electron chi connectivity index (χ1n) is 20.8. The highest BCUT2D eigenvalue weighted by Gasteiger charge is 2.35. The highest BCUT2D eigenvalue weighted by Crippen LogP contribution is 2.35. The Hall–Kier alpha value is -5.76. The maximum atomic E-state index is 13.4. The lowest BCUT2D eigenvalue weighted by Gasteiger charge is -2.11. The molecule has 5 aromatic rings. The van der Waals surface area contributed by atoms with Gasteiger partial charge in [0.2, 0.25) is 0 Å². The number of carbonyl (C=O) groups excluding carboxylic acids is 1. The summed E-state index contributed by atoms with van der Waals surface area (Å²) in [4.78, 5) is 37.1. The first kappa shape index (κ1) is 40.9. The van der Waals surface area contributed by atoms with Crippen molar-refractivity contribution in [2.75, 3.05) is 5.01 Å². The molecule has 296 valence electrons. The average Bonchev–Trinajstić information content (AvgIpc) is 3.72. The number of anilines is 1. The van der Waals surface area contributed by atoms with E-state index < -0.39 is 17.8 Å². The SMILES string of the molecule is CCCCCCCCCCCCCCCCc1ccc2c(c1)c1cc(/C=C(/C)C(=O)O)ccc1n2-c1ccc(/C=C2/C(=O)N(c3ccccc3)N=C2C(=O)O)cc1. The summed E-state index contributed by atoms with van der Waals surface area (Å²) in [6.45, 7) is 3.87. The number of aliphatic carboxylic acids is 2. The van der Waals surface area contributed by atoms with E-state index in [2.05, 4.69) is 40.9 Å². The second-order valence-corrected chi connectivity index (χ2v) is 15.3. The quantitative estimate of drug-likeness (QED) is 0.0570. The minimum atomic E-state index is -1.27. The summed E-state index contributed by atoms with van der Waals surface area (Å²) in [6.07, 6.45) is 22.9. The molecule has 8 heteroatoms. The normalized spacial score (nSPS) is 14.0. The van der Waals surface area contributed by atoms with Crippen LogP contribution in [-0.4, -0.2) is 38.3 Å². The smallest absolute Gasteiger partial charge is 0.357 e. The molecule has 0 spiro atoms. The van der Waals surface area contributed by atoms with Gasteiger partial charge < -0.3 is 14.8 Å². The van der Waals surface area contributed by atoms with E-state index in [-0.39, 0.29) is 16.9 Å². The van der Waals surface area contributed by atoms with E-state index in [1.165, 1.54) is 89.0 Å². The van der Waals surface area contributed by atoms with Gasteiger partial charge in [-0.25, -0.2) is 9.59 Å². The van der Waals surface area contributed by atoms with Gasteiger partial charge >= 0.3 is 11.9 Å². The molecule has 1 aliphatic rings. The number of unbranched alkanes of at least 4 members (excludes halogenated alkanes) is 13. The van der Waals surface area contributed by atoms with Crippen molar-refractivity contribution in [2.45, 2.75) is 110 Å². The van der Waals surface area contributed by atoms with Gasteiger partial charge in [-0.1, -0.05) is 133 Å². The van der Waals surface area contributed by atoms with Crippen molar-refractivity contribution < 1.29 is 24.6 Å². The number of carboxylic acid groups (broad SMARTS) is 2. The fraction of sp³-hybridized carbons (Fsp3) is 0.347. The maximum Gasteiger partial charge on any atom is 0.357 e. The van der Waals surface area contributed by atoms with Gasteiger partial charge in [-0.3, -0.25) is 4.79 Å². The van der Waals surface area contributed by atoms with Crippen LogP contribution in [0.3, 0.4) is 0 Å². The highest BCUT2D eigenvalue weighted by atomic mass is 16.4. The molecule has 0 saturated carbocycles. The molecule has 0 aliphatic carbocycles. The fourth-order valence-electron chi connectivity index (χ4n) is 7.78. The molecular weight excluding hydrogens is 711 g/mol. The molecule has 1 amide bonds. The molecule has 0 unspecified atom stereocenters. The Bertz CT molecular complexity index is 2280. The standard InChI is InChI=1S/C49H55N3O5/c1-3-4-5-6-7-8-9-10-11-12-13-14-15-17-20-36-25-29-44-41(32-36)42-34-38(31-35(2)48(54)55)26-30-45(42)51(44)39-27-23-37(24-28-39)33-43-46(49(56)57)50-52(47(43)53)40-21-18-16-19-22-40/h16,18-19,21-34H,3-15,17,20H2,1-2H3,(H,54,55)(H,56,57)/b35-31-,43-33+. The molecule has 4 aromatic carbocycles. The fourth-order valence-corrected chi connectivity index (χ4v) is 7.78. The molecule has 2 N–H and O–H groups in total. The van der Waals surface area contributed by atoms with Gasteiger partial charge in [-0.15, -0.1) is 0 Å².